The third kappa shape index (κ3) is 4.88. The molecule has 0 aliphatic carbocycles. The van der Waals surface area contributed by atoms with Crippen molar-refractivity contribution in [3.63, 3.8) is 0 Å². The van der Waals surface area contributed by atoms with Gasteiger partial charge < -0.3 is 0 Å². The summed E-state index contributed by atoms with van der Waals surface area (Å²) >= 11 is 1.54. The number of thioether (sulfide) groups is 1. The van der Waals surface area contributed by atoms with Crippen molar-refractivity contribution < 1.29 is 13.2 Å². The van der Waals surface area contributed by atoms with Crippen LogP contribution in [0.2, 0.25) is 0 Å². The second-order valence-electron chi connectivity index (χ2n) is 6.51. The molecule has 0 aromatic heterocycles. The Morgan fingerprint density at radius 1 is 1.10 bits per heavy atom. The molecule has 0 unspecified atom stereocenters. The van der Waals surface area contributed by atoms with Crippen LogP contribution in [-0.2, 0) is 10.0 Å². The molecule has 1 amide bonds. The van der Waals surface area contributed by atoms with Crippen LogP contribution in [0.15, 0.2) is 64.5 Å². The van der Waals surface area contributed by atoms with Crippen molar-refractivity contribution in [2.45, 2.75) is 25.2 Å². The van der Waals surface area contributed by atoms with Crippen molar-refractivity contribution in [1.29, 1.82) is 0 Å². The zero-order valence-corrected chi connectivity index (χ0v) is 18.2. The molecule has 0 spiro atoms. The molecule has 0 saturated carbocycles. The first-order valence-corrected chi connectivity index (χ1v) is 12.1. The molecule has 6 nitrogen and oxygen atoms in total. The predicted molar refractivity (Wildman–Crippen MR) is 118 cm³/mol. The van der Waals surface area contributed by atoms with Gasteiger partial charge in [0.1, 0.15) is 0 Å². The molecule has 1 aliphatic heterocycles. The molecule has 3 rings (SSSR count). The molecule has 2 aromatic rings. The first-order chi connectivity index (χ1) is 14.0. The molecule has 1 aliphatic rings. The number of rotatable bonds is 6. The van der Waals surface area contributed by atoms with Crippen LogP contribution in [0, 0.1) is 0 Å². The highest BCUT2D eigenvalue weighted by atomic mass is 32.2. The van der Waals surface area contributed by atoms with Gasteiger partial charge in [-0.25, -0.2) is 13.4 Å². The summed E-state index contributed by atoms with van der Waals surface area (Å²) in [7, 11) is -3.62. The Morgan fingerprint density at radius 2 is 1.83 bits per heavy atom. The monoisotopic (exact) mass is 431 g/mol. The van der Waals surface area contributed by atoms with E-state index in [1.165, 1.54) is 28.2 Å². The fraction of sp³-hybridized carbons (Fsp3) is 0.333. The van der Waals surface area contributed by atoms with Gasteiger partial charge in [0.15, 0.2) is 5.17 Å². The van der Waals surface area contributed by atoms with Crippen molar-refractivity contribution in [3.05, 3.63) is 60.2 Å². The molecular formula is C21H25N3O3S2. The van der Waals surface area contributed by atoms with Crippen LogP contribution in [0.5, 0.6) is 0 Å². The van der Waals surface area contributed by atoms with Gasteiger partial charge in [0.25, 0.3) is 5.91 Å². The van der Waals surface area contributed by atoms with E-state index in [9.17, 15) is 13.2 Å². The van der Waals surface area contributed by atoms with E-state index in [0.717, 1.165) is 17.9 Å². The van der Waals surface area contributed by atoms with Gasteiger partial charge in [0.2, 0.25) is 10.0 Å². The number of nitrogens with zero attached hydrogens (tertiary/aromatic N) is 3. The molecule has 1 saturated heterocycles. The van der Waals surface area contributed by atoms with Gasteiger partial charge in [-0.1, -0.05) is 49.9 Å². The lowest BCUT2D eigenvalue weighted by molar-refractivity contribution is 0.0849. The van der Waals surface area contributed by atoms with Crippen LogP contribution >= 0.6 is 11.8 Å². The molecule has 0 bridgehead atoms. The van der Waals surface area contributed by atoms with Crippen molar-refractivity contribution >= 4 is 38.5 Å². The lowest BCUT2D eigenvalue weighted by Crippen LogP contribution is -2.39. The molecule has 29 heavy (non-hydrogen) atoms. The summed E-state index contributed by atoms with van der Waals surface area (Å²) in [6, 6.07) is 15.8. The fourth-order valence-electron chi connectivity index (χ4n) is 3.11. The summed E-state index contributed by atoms with van der Waals surface area (Å²) in [5.74, 6) is 0.662. The van der Waals surface area contributed by atoms with Gasteiger partial charge in [0, 0.05) is 31.0 Å². The van der Waals surface area contributed by atoms with Gasteiger partial charge in [-0.3, -0.25) is 9.69 Å². The van der Waals surface area contributed by atoms with Gasteiger partial charge in [0.05, 0.1) is 10.6 Å². The molecule has 0 radical (unpaired) electrons. The number of benzene rings is 2. The zero-order chi connectivity index (χ0) is 20.9. The van der Waals surface area contributed by atoms with E-state index >= 15 is 0 Å². The Bertz CT molecular complexity index is 987. The van der Waals surface area contributed by atoms with Crippen LogP contribution < -0.4 is 0 Å². The van der Waals surface area contributed by atoms with E-state index in [4.69, 9.17) is 0 Å². The number of sulfonamides is 1. The van der Waals surface area contributed by atoms with Gasteiger partial charge >= 0.3 is 0 Å². The number of hydrogen-bond donors (Lipinski definition) is 0. The maximum absolute atomic E-state index is 13.2. The zero-order valence-electron chi connectivity index (χ0n) is 16.6. The van der Waals surface area contributed by atoms with E-state index in [-0.39, 0.29) is 10.8 Å². The standard InChI is InChI=1S/C21H25N3O3S2/c1-3-23(4-2)29(26,27)19-13-8-10-17(16-19)20(25)24-14-9-15-28-21(24)22-18-11-6-5-7-12-18/h5-8,10-13,16H,3-4,9,14-15H2,1-2H3. The summed E-state index contributed by atoms with van der Waals surface area (Å²) < 4.78 is 27.0. The minimum atomic E-state index is -3.62. The SMILES string of the molecule is CCN(CC)S(=O)(=O)c1cccc(C(=O)N2CCCSC2=Nc2ccccc2)c1. The third-order valence-corrected chi connectivity index (χ3v) is 7.75. The highest BCUT2D eigenvalue weighted by molar-refractivity contribution is 8.13. The smallest absolute Gasteiger partial charge is 0.259 e. The molecule has 1 fully saturated rings. The van der Waals surface area contributed by atoms with Gasteiger partial charge in [-0.15, -0.1) is 0 Å². The molecular weight excluding hydrogens is 406 g/mol. The van der Waals surface area contributed by atoms with Gasteiger partial charge in [-0.2, -0.15) is 4.31 Å². The Morgan fingerprint density at radius 3 is 2.52 bits per heavy atom. The van der Waals surface area contributed by atoms with E-state index < -0.39 is 10.0 Å². The first-order valence-electron chi connectivity index (χ1n) is 9.66. The van der Waals surface area contributed by atoms with Crippen LogP contribution in [0.4, 0.5) is 5.69 Å². The minimum absolute atomic E-state index is 0.137. The van der Waals surface area contributed by atoms with Crippen molar-refractivity contribution in [2.24, 2.45) is 4.99 Å². The summed E-state index contributed by atoms with van der Waals surface area (Å²) in [6.45, 7) is 4.92. The van der Waals surface area contributed by atoms with E-state index in [1.54, 1.807) is 30.9 Å². The minimum Gasteiger partial charge on any atom is -0.287 e. The highest BCUT2D eigenvalue weighted by Crippen LogP contribution is 2.25. The number of para-hydroxylation sites is 1. The number of amidine groups is 1. The lowest BCUT2D eigenvalue weighted by Gasteiger charge is -2.28. The first kappa shape index (κ1) is 21.5. The maximum Gasteiger partial charge on any atom is 0.259 e. The van der Waals surface area contributed by atoms with E-state index in [1.807, 2.05) is 30.3 Å². The molecule has 8 heteroatoms. The van der Waals surface area contributed by atoms with Crippen LogP contribution in [-0.4, -0.2) is 54.1 Å². The van der Waals surface area contributed by atoms with Crippen molar-refractivity contribution in [1.82, 2.24) is 9.21 Å². The number of amides is 1. The predicted octanol–water partition coefficient (Wildman–Crippen LogP) is 3.98. The molecule has 154 valence electrons. The Balaban J connectivity index is 1.92. The maximum atomic E-state index is 13.2. The fourth-order valence-corrected chi connectivity index (χ4v) is 5.57. The number of aliphatic imine (C=N–C) groups is 1. The lowest BCUT2D eigenvalue weighted by atomic mass is 10.2. The summed E-state index contributed by atoms with van der Waals surface area (Å²) in [5, 5.41) is 0.643. The Kier molecular flexibility index (Phi) is 7.10. The van der Waals surface area contributed by atoms with Crippen molar-refractivity contribution in [2.75, 3.05) is 25.4 Å². The van der Waals surface area contributed by atoms with Crippen LogP contribution in [0.3, 0.4) is 0 Å². The number of hydrogen-bond acceptors (Lipinski definition) is 5. The average Bonchev–Trinajstić information content (AvgIpc) is 2.75. The van der Waals surface area contributed by atoms with Crippen LogP contribution in [0.1, 0.15) is 30.6 Å². The summed E-state index contributed by atoms with van der Waals surface area (Å²) in [6.07, 6.45) is 0.863. The Hall–Kier alpha value is -2.16. The molecule has 0 atom stereocenters. The molecule has 2 aromatic carbocycles. The Labute approximate surface area is 176 Å². The number of carbonyl (C=O) groups excluding carboxylic acids is 1. The third-order valence-electron chi connectivity index (χ3n) is 4.64. The van der Waals surface area contributed by atoms with Crippen molar-refractivity contribution in [3.8, 4) is 0 Å². The highest BCUT2D eigenvalue weighted by Gasteiger charge is 2.27. The van der Waals surface area contributed by atoms with Crippen LogP contribution in [0.25, 0.3) is 0 Å². The summed E-state index contributed by atoms with van der Waals surface area (Å²) in [5.41, 5.74) is 1.13. The molecule has 0 N–H and O–H groups in total. The average molecular weight is 432 g/mol. The quantitative estimate of drug-likeness (QED) is 0.694. The second kappa shape index (κ2) is 9.56. The number of carbonyl (C=O) groups is 1. The largest absolute Gasteiger partial charge is 0.287 e. The van der Waals surface area contributed by atoms with Gasteiger partial charge in [-0.05, 0) is 36.8 Å². The topological polar surface area (TPSA) is 70.1 Å². The second-order valence-corrected chi connectivity index (χ2v) is 9.51. The van der Waals surface area contributed by atoms with E-state index in [0.29, 0.717) is 30.4 Å². The normalized spacial score (nSPS) is 16.4. The van der Waals surface area contributed by atoms with E-state index in [2.05, 4.69) is 4.99 Å². The summed E-state index contributed by atoms with van der Waals surface area (Å²) in [4.78, 5) is 19.6. The molecule has 1 heterocycles.